The van der Waals surface area contributed by atoms with Crippen LogP contribution in [0.4, 0.5) is 0 Å². The molecule has 6 rings (SSSR count). The molecule has 0 N–H and O–H groups in total. The van der Waals surface area contributed by atoms with Crippen LogP contribution in [0.2, 0.25) is 0 Å². The monoisotopic (exact) mass is 312 g/mol. The van der Waals surface area contributed by atoms with Crippen molar-refractivity contribution in [1.82, 2.24) is 0 Å². The zero-order valence-corrected chi connectivity index (χ0v) is 11.5. The van der Waals surface area contributed by atoms with Gasteiger partial charge in [-0.3, -0.25) is 0 Å². The van der Waals surface area contributed by atoms with Crippen molar-refractivity contribution >= 4 is 15.9 Å². The van der Waals surface area contributed by atoms with Gasteiger partial charge in [-0.05, 0) is 33.9 Å². The number of epoxide rings is 2. The van der Waals surface area contributed by atoms with E-state index in [1.54, 1.807) is 0 Å². The molecule has 0 radical (unpaired) electrons. The topological polar surface area (TPSA) is 25.1 Å². The molecule has 2 fully saturated rings. The Labute approximate surface area is 118 Å². The van der Waals surface area contributed by atoms with Crippen molar-refractivity contribution in [1.29, 1.82) is 0 Å². The molecule has 2 saturated heterocycles. The standard InChI is InChI=1S/C16H9BrO2/c17-9-5-4-8-11-10-6(13-14(8)18-13)2-1-3-7(10)15-16(19-15)12(9)11/h1-5,13-16H/t13-,14+,15+,16-/m1/s1. The van der Waals surface area contributed by atoms with E-state index in [1.807, 2.05) is 0 Å². The maximum atomic E-state index is 5.93. The van der Waals surface area contributed by atoms with Crippen LogP contribution in [0.1, 0.15) is 46.7 Å². The van der Waals surface area contributed by atoms with Crippen LogP contribution < -0.4 is 0 Å². The van der Waals surface area contributed by atoms with Gasteiger partial charge >= 0.3 is 0 Å². The van der Waals surface area contributed by atoms with Crippen molar-refractivity contribution in [3.8, 4) is 11.1 Å². The van der Waals surface area contributed by atoms with Gasteiger partial charge in [0.25, 0.3) is 0 Å². The quantitative estimate of drug-likeness (QED) is 0.675. The van der Waals surface area contributed by atoms with E-state index in [2.05, 4.69) is 46.3 Å². The lowest BCUT2D eigenvalue weighted by Gasteiger charge is -2.25. The first kappa shape index (κ1) is 9.70. The Morgan fingerprint density at radius 1 is 0.737 bits per heavy atom. The molecule has 0 aromatic heterocycles. The third-order valence-electron chi connectivity index (χ3n) is 4.79. The Hall–Kier alpha value is -1.16. The summed E-state index contributed by atoms with van der Waals surface area (Å²) in [5, 5.41) is 0. The molecule has 4 atom stereocenters. The third-order valence-corrected chi connectivity index (χ3v) is 5.48. The Morgan fingerprint density at radius 3 is 2.16 bits per heavy atom. The summed E-state index contributed by atoms with van der Waals surface area (Å²) in [6.45, 7) is 0. The molecule has 92 valence electrons. The zero-order chi connectivity index (χ0) is 12.3. The predicted molar refractivity (Wildman–Crippen MR) is 72.7 cm³/mol. The molecule has 0 amide bonds. The summed E-state index contributed by atoms with van der Waals surface area (Å²) >= 11 is 3.70. The van der Waals surface area contributed by atoms with Crippen molar-refractivity contribution in [2.24, 2.45) is 0 Å². The smallest absolute Gasteiger partial charge is 0.116 e. The minimum Gasteiger partial charge on any atom is -0.359 e. The molecule has 3 heteroatoms. The van der Waals surface area contributed by atoms with E-state index in [4.69, 9.17) is 9.47 Å². The van der Waals surface area contributed by atoms with Crippen LogP contribution in [0.5, 0.6) is 0 Å². The largest absolute Gasteiger partial charge is 0.359 e. The van der Waals surface area contributed by atoms with E-state index in [0.717, 1.165) is 0 Å². The van der Waals surface area contributed by atoms with Gasteiger partial charge in [-0.25, -0.2) is 0 Å². The highest BCUT2D eigenvalue weighted by Gasteiger charge is 2.56. The van der Waals surface area contributed by atoms with Crippen molar-refractivity contribution in [3.63, 3.8) is 0 Å². The number of ether oxygens (including phenoxy) is 2. The summed E-state index contributed by atoms with van der Waals surface area (Å²) in [5.41, 5.74) is 8.13. The maximum Gasteiger partial charge on any atom is 0.116 e. The molecule has 0 saturated carbocycles. The number of rotatable bonds is 0. The molecule has 2 aliphatic heterocycles. The zero-order valence-electron chi connectivity index (χ0n) is 9.89. The first-order valence-electron chi connectivity index (χ1n) is 6.61. The summed E-state index contributed by atoms with van der Waals surface area (Å²) in [4.78, 5) is 0. The predicted octanol–water partition coefficient (Wildman–Crippen LogP) is 4.37. The van der Waals surface area contributed by atoms with Gasteiger partial charge in [-0.15, -0.1) is 0 Å². The minimum atomic E-state index is 0.238. The lowest BCUT2D eigenvalue weighted by molar-refractivity contribution is 0.376. The second-order valence-corrected chi connectivity index (χ2v) is 6.55. The van der Waals surface area contributed by atoms with Crippen molar-refractivity contribution < 1.29 is 9.47 Å². The normalized spacial score (nSPS) is 34.2. The van der Waals surface area contributed by atoms with E-state index in [9.17, 15) is 0 Å². The Morgan fingerprint density at radius 2 is 1.37 bits per heavy atom. The van der Waals surface area contributed by atoms with Crippen LogP contribution in [-0.4, -0.2) is 0 Å². The highest BCUT2D eigenvalue weighted by atomic mass is 79.9. The van der Waals surface area contributed by atoms with Gasteiger partial charge < -0.3 is 9.47 Å². The fraction of sp³-hybridized carbons (Fsp3) is 0.250. The second kappa shape index (κ2) is 2.80. The van der Waals surface area contributed by atoms with Crippen molar-refractivity contribution in [2.45, 2.75) is 24.4 Å². The van der Waals surface area contributed by atoms with Crippen LogP contribution in [0.15, 0.2) is 34.8 Å². The molecule has 2 aromatic rings. The third kappa shape index (κ3) is 0.970. The summed E-state index contributed by atoms with van der Waals surface area (Å²) < 4.78 is 13.0. The SMILES string of the molecule is Brc1ccc2c3c1[C@H]1O[C@H]1c1cccc(c1-3)[C@H]1O[C@@H]21. The minimum absolute atomic E-state index is 0.238. The van der Waals surface area contributed by atoms with E-state index in [0.29, 0.717) is 0 Å². The fourth-order valence-electron chi connectivity index (χ4n) is 3.91. The van der Waals surface area contributed by atoms with E-state index < -0.39 is 0 Å². The van der Waals surface area contributed by atoms with Crippen LogP contribution in [0.25, 0.3) is 11.1 Å². The maximum absolute atomic E-state index is 5.93. The summed E-state index contributed by atoms with van der Waals surface area (Å²) in [6, 6.07) is 10.9. The lowest BCUT2D eigenvalue weighted by atomic mass is 9.76. The van der Waals surface area contributed by atoms with Gasteiger partial charge in [0.1, 0.15) is 24.4 Å². The van der Waals surface area contributed by atoms with Crippen molar-refractivity contribution in [2.75, 3.05) is 0 Å². The van der Waals surface area contributed by atoms with Crippen LogP contribution in [0, 0.1) is 0 Å². The van der Waals surface area contributed by atoms with E-state index in [1.165, 1.54) is 37.9 Å². The molecule has 0 unspecified atom stereocenters. The molecule has 19 heavy (non-hydrogen) atoms. The number of benzene rings is 2. The Balaban J connectivity index is 1.86. The summed E-state index contributed by atoms with van der Waals surface area (Å²) in [7, 11) is 0. The first-order chi connectivity index (χ1) is 9.34. The summed E-state index contributed by atoms with van der Waals surface area (Å²) in [6.07, 6.45) is 1.03. The average molecular weight is 313 g/mol. The van der Waals surface area contributed by atoms with Crippen molar-refractivity contribution in [3.05, 3.63) is 57.1 Å². The molecular formula is C16H9BrO2. The number of hydrogen-bond donors (Lipinski definition) is 0. The average Bonchev–Trinajstić information content (AvgIpc) is 3.31. The fourth-order valence-corrected chi connectivity index (χ4v) is 4.47. The first-order valence-corrected chi connectivity index (χ1v) is 7.40. The van der Waals surface area contributed by atoms with E-state index in [-0.39, 0.29) is 24.4 Å². The molecule has 0 bridgehead atoms. The Kier molecular flexibility index (Phi) is 1.43. The van der Waals surface area contributed by atoms with Crippen LogP contribution in [-0.2, 0) is 9.47 Å². The van der Waals surface area contributed by atoms with Gasteiger partial charge in [0.05, 0.1) is 0 Å². The number of halogens is 1. The lowest BCUT2D eigenvalue weighted by Crippen LogP contribution is -2.09. The van der Waals surface area contributed by atoms with Gasteiger partial charge in [0.15, 0.2) is 0 Å². The second-order valence-electron chi connectivity index (χ2n) is 5.69. The molecule has 4 aliphatic rings. The highest BCUT2D eigenvalue weighted by Crippen LogP contribution is 2.69. The molecule has 2 aliphatic carbocycles. The highest BCUT2D eigenvalue weighted by molar-refractivity contribution is 9.10. The van der Waals surface area contributed by atoms with Gasteiger partial charge in [0, 0.05) is 10.0 Å². The van der Waals surface area contributed by atoms with Gasteiger partial charge in [-0.1, -0.05) is 40.2 Å². The van der Waals surface area contributed by atoms with Crippen LogP contribution in [0.3, 0.4) is 0 Å². The summed E-state index contributed by atoms with van der Waals surface area (Å²) in [5.74, 6) is 0. The molecule has 2 aromatic carbocycles. The molecule has 2 heterocycles. The number of hydrogen-bond acceptors (Lipinski definition) is 2. The van der Waals surface area contributed by atoms with Gasteiger partial charge in [0.2, 0.25) is 0 Å². The van der Waals surface area contributed by atoms with E-state index >= 15 is 0 Å². The Bertz CT molecular complexity index is 768. The molecule has 0 spiro atoms. The van der Waals surface area contributed by atoms with Crippen LogP contribution >= 0.6 is 15.9 Å². The molecular weight excluding hydrogens is 304 g/mol. The number of fused-ring (bicyclic) bond motifs is 6. The van der Waals surface area contributed by atoms with Gasteiger partial charge in [-0.2, -0.15) is 0 Å². The molecule has 2 nitrogen and oxygen atoms in total.